The van der Waals surface area contributed by atoms with E-state index in [-0.39, 0.29) is 0 Å². The van der Waals surface area contributed by atoms with E-state index in [4.69, 9.17) is 10.5 Å². The summed E-state index contributed by atoms with van der Waals surface area (Å²) in [5, 5.41) is 4.31. The fourth-order valence-corrected chi connectivity index (χ4v) is 2.34. The Balaban J connectivity index is 1.87. The number of aryl methyl sites for hydroxylation is 1. The van der Waals surface area contributed by atoms with E-state index in [0.29, 0.717) is 0 Å². The molecule has 0 saturated heterocycles. The van der Waals surface area contributed by atoms with E-state index in [0.717, 1.165) is 41.3 Å². The van der Waals surface area contributed by atoms with Crippen molar-refractivity contribution in [3.05, 3.63) is 72.1 Å². The molecule has 0 saturated carbocycles. The zero-order valence-corrected chi connectivity index (χ0v) is 12.6. The first-order valence-electron chi connectivity index (χ1n) is 7.37. The first-order chi connectivity index (χ1) is 10.7. The quantitative estimate of drug-likeness (QED) is 0.727. The number of hydrogen-bond acceptors (Lipinski definition) is 3. The SMILES string of the molecule is CCn1cc(Cc2cc(N)ccc2Oc2ccccc2)cn1. The molecular formula is C18H19N3O. The summed E-state index contributed by atoms with van der Waals surface area (Å²) >= 11 is 0. The van der Waals surface area contributed by atoms with Crippen LogP contribution in [0.2, 0.25) is 0 Å². The van der Waals surface area contributed by atoms with Crippen molar-refractivity contribution in [2.45, 2.75) is 19.9 Å². The van der Waals surface area contributed by atoms with Gasteiger partial charge in [0.2, 0.25) is 0 Å². The van der Waals surface area contributed by atoms with Gasteiger partial charge >= 0.3 is 0 Å². The Hall–Kier alpha value is -2.75. The maximum absolute atomic E-state index is 5.99. The van der Waals surface area contributed by atoms with Crippen LogP contribution in [0.3, 0.4) is 0 Å². The molecule has 0 aliphatic heterocycles. The van der Waals surface area contributed by atoms with Crippen LogP contribution in [0.15, 0.2) is 60.9 Å². The molecule has 0 amide bonds. The monoisotopic (exact) mass is 293 g/mol. The molecule has 0 unspecified atom stereocenters. The van der Waals surface area contributed by atoms with Gasteiger partial charge in [-0.3, -0.25) is 4.68 Å². The van der Waals surface area contributed by atoms with E-state index >= 15 is 0 Å². The van der Waals surface area contributed by atoms with Crippen molar-refractivity contribution in [2.24, 2.45) is 0 Å². The Morgan fingerprint density at radius 1 is 1.14 bits per heavy atom. The van der Waals surface area contributed by atoms with Gasteiger partial charge in [-0.15, -0.1) is 0 Å². The van der Waals surface area contributed by atoms with Crippen LogP contribution in [0.25, 0.3) is 0 Å². The number of hydrogen-bond donors (Lipinski definition) is 1. The molecule has 0 fully saturated rings. The topological polar surface area (TPSA) is 53.1 Å². The van der Waals surface area contributed by atoms with Crippen LogP contribution in [0.1, 0.15) is 18.1 Å². The third-order valence-electron chi connectivity index (χ3n) is 3.46. The molecule has 3 aromatic rings. The molecule has 1 aromatic heterocycles. The first kappa shape index (κ1) is 14.2. The third kappa shape index (κ3) is 3.28. The van der Waals surface area contributed by atoms with Gasteiger partial charge in [0.25, 0.3) is 0 Å². The van der Waals surface area contributed by atoms with E-state index in [9.17, 15) is 0 Å². The highest BCUT2D eigenvalue weighted by molar-refractivity contribution is 5.50. The van der Waals surface area contributed by atoms with Gasteiger partial charge in [0.1, 0.15) is 11.5 Å². The Labute approximate surface area is 130 Å². The highest BCUT2D eigenvalue weighted by Crippen LogP contribution is 2.28. The van der Waals surface area contributed by atoms with Gasteiger partial charge in [-0.1, -0.05) is 18.2 Å². The molecule has 0 atom stereocenters. The lowest BCUT2D eigenvalue weighted by molar-refractivity contribution is 0.477. The molecule has 2 N–H and O–H groups in total. The number of ether oxygens (including phenoxy) is 1. The largest absolute Gasteiger partial charge is 0.457 e. The number of nitrogens with zero attached hydrogens (tertiary/aromatic N) is 2. The second-order valence-corrected chi connectivity index (χ2v) is 5.16. The van der Waals surface area contributed by atoms with Crippen LogP contribution in [-0.2, 0) is 13.0 Å². The molecule has 0 radical (unpaired) electrons. The molecule has 22 heavy (non-hydrogen) atoms. The zero-order chi connectivity index (χ0) is 15.4. The van der Waals surface area contributed by atoms with Crippen LogP contribution in [0, 0.1) is 0 Å². The van der Waals surface area contributed by atoms with Gasteiger partial charge < -0.3 is 10.5 Å². The van der Waals surface area contributed by atoms with Crippen molar-refractivity contribution in [1.29, 1.82) is 0 Å². The number of benzene rings is 2. The van der Waals surface area contributed by atoms with Crippen molar-refractivity contribution in [3.63, 3.8) is 0 Å². The minimum Gasteiger partial charge on any atom is -0.457 e. The summed E-state index contributed by atoms with van der Waals surface area (Å²) in [5.74, 6) is 1.64. The number of nitrogens with two attached hydrogens (primary N) is 1. The van der Waals surface area contributed by atoms with Crippen molar-refractivity contribution in [3.8, 4) is 11.5 Å². The van der Waals surface area contributed by atoms with Crippen LogP contribution in [0.4, 0.5) is 5.69 Å². The minimum atomic E-state index is 0.735. The zero-order valence-electron chi connectivity index (χ0n) is 12.6. The van der Waals surface area contributed by atoms with Crippen LogP contribution < -0.4 is 10.5 Å². The molecule has 0 bridgehead atoms. The lowest BCUT2D eigenvalue weighted by Gasteiger charge is -2.11. The molecular weight excluding hydrogens is 274 g/mol. The van der Waals surface area contributed by atoms with Crippen LogP contribution in [0.5, 0.6) is 11.5 Å². The molecule has 2 aromatic carbocycles. The summed E-state index contributed by atoms with van der Waals surface area (Å²) in [5.41, 5.74) is 8.86. The summed E-state index contributed by atoms with van der Waals surface area (Å²) in [6.07, 6.45) is 4.68. The van der Waals surface area contributed by atoms with E-state index < -0.39 is 0 Å². The number of rotatable bonds is 5. The number of anilines is 1. The molecule has 3 rings (SSSR count). The maximum atomic E-state index is 5.99. The number of nitrogen functional groups attached to an aromatic ring is 1. The summed E-state index contributed by atoms with van der Waals surface area (Å²) < 4.78 is 7.90. The molecule has 112 valence electrons. The second-order valence-electron chi connectivity index (χ2n) is 5.16. The highest BCUT2D eigenvalue weighted by atomic mass is 16.5. The lowest BCUT2D eigenvalue weighted by Crippen LogP contribution is -1.96. The smallest absolute Gasteiger partial charge is 0.131 e. The van der Waals surface area contributed by atoms with Gasteiger partial charge in [-0.2, -0.15) is 5.10 Å². The Morgan fingerprint density at radius 2 is 1.95 bits per heavy atom. The van der Waals surface area contributed by atoms with Gasteiger partial charge in [0, 0.05) is 30.4 Å². The predicted octanol–water partition coefficient (Wildman–Crippen LogP) is 3.87. The third-order valence-corrected chi connectivity index (χ3v) is 3.46. The molecule has 0 aliphatic rings. The van der Waals surface area contributed by atoms with Crippen molar-refractivity contribution in [1.82, 2.24) is 9.78 Å². The van der Waals surface area contributed by atoms with Gasteiger partial charge in [-0.05, 0) is 42.8 Å². The van der Waals surface area contributed by atoms with E-state index in [1.165, 1.54) is 0 Å². The molecule has 1 heterocycles. The van der Waals surface area contributed by atoms with Crippen molar-refractivity contribution < 1.29 is 4.74 Å². The number of aromatic nitrogens is 2. The molecule has 0 spiro atoms. The van der Waals surface area contributed by atoms with Crippen molar-refractivity contribution >= 4 is 5.69 Å². The fourth-order valence-electron chi connectivity index (χ4n) is 2.34. The lowest BCUT2D eigenvalue weighted by atomic mass is 10.1. The Kier molecular flexibility index (Phi) is 4.10. The Bertz CT molecular complexity index is 750. The summed E-state index contributed by atoms with van der Waals surface area (Å²) in [7, 11) is 0. The summed E-state index contributed by atoms with van der Waals surface area (Å²) in [4.78, 5) is 0. The van der Waals surface area contributed by atoms with Gasteiger partial charge in [0.15, 0.2) is 0 Å². The Morgan fingerprint density at radius 3 is 2.68 bits per heavy atom. The second kappa shape index (κ2) is 6.35. The minimum absolute atomic E-state index is 0.735. The van der Waals surface area contributed by atoms with E-state index in [2.05, 4.69) is 18.2 Å². The van der Waals surface area contributed by atoms with Crippen LogP contribution in [-0.4, -0.2) is 9.78 Å². The molecule has 0 aliphatic carbocycles. The van der Waals surface area contributed by atoms with Gasteiger partial charge in [-0.25, -0.2) is 0 Å². The highest BCUT2D eigenvalue weighted by Gasteiger charge is 2.08. The van der Waals surface area contributed by atoms with Gasteiger partial charge in [0.05, 0.1) is 6.20 Å². The standard InChI is InChI=1S/C18H19N3O/c1-2-21-13-14(12-20-21)10-15-11-16(19)8-9-18(15)22-17-6-4-3-5-7-17/h3-9,11-13H,2,10,19H2,1H3. The predicted molar refractivity (Wildman–Crippen MR) is 88.1 cm³/mol. The molecule has 4 nitrogen and oxygen atoms in total. The normalized spacial score (nSPS) is 10.6. The average molecular weight is 293 g/mol. The first-order valence-corrected chi connectivity index (χ1v) is 7.37. The maximum Gasteiger partial charge on any atom is 0.131 e. The van der Waals surface area contributed by atoms with E-state index in [1.807, 2.05) is 59.4 Å². The van der Waals surface area contributed by atoms with E-state index in [1.54, 1.807) is 0 Å². The summed E-state index contributed by atoms with van der Waals surface area (Å²) in [6.45, 7) is 2.94. The summed E-state index contributed by atoms with van der Waals surface area (Å²) in [6, 6.07) is 15.5. The number of para-hydroxylation sites is 1. The van der Waals surface area contributed by atoms with Crippen LogP contribution >= 0.6 is 0 Å². The fraction of sp³-hybridized carbons (Fsp3) is 0.167. The van der Waals surface area contributed by atoms with Crippen molar-refractivity contribution in [2.75, 3.05) is 5.73 Å². The average Bonchev–Trinajstić information content (AvgIpc) is 2.99. The molecule has 4 heteroatoms.